The van der Waals surface area contributed by atoms with Crippen LogP contribution in [0.1, 0.15) is 83.1 Å². The molecule has 0 radical (unpaired) electrons. The Kier molecular flexibility index (Phi) is 29.8. The Balaban J connectivity index is 2.25. The molecule has 0 saturated carbocycles. The zero-order chi connectivity index (χ0) is 55.3. The molecule has 1 aliphatic rings. The lowest BCUT2D eigenvalue weighted by Gasteiger charge is -2.30. The maximum atomic E-state index is 14.2. The van der Waals surface area contributed by atoms with Gasteiger partial charge in [-0.3, -0.25) is 43.3 Å². The van der Waals surface area contributed by atoms with Gasteiger partial charge in [-0.1, -0.05) is 24.6 Å². The highest BCUT2D eigenvalue weighted by atomic mass is 127. The highest BCUT2D eigenvalue weighted by Crippen LogP contribution is 2.21. The fourth-order valence-electron chi connectivity index (χ4n) is 7.57. The number of unbranched alkanes of at least 4 members (excludes halogenated alkanes) is 2. The first-order valence-corrected chi connectivity index (χ1v) is 25.6. The predicted molar refractivity (Wildman–Crippen MR) is 282 cm³/mol. The van der Waals surface area contributed by atoms with Crippen molar-refractivity contribution >= 4 is 81.8 Å². The Bertz CT molecular complexity index is 2100. The van der Waals surface area contributed by atoms with E-state index in [0.29, 0.717) is 44.2 Å². The van der Waals surface area contributed by atoms with E-state index in [-0.39, 0.29) is 77.1 Å². The van der Waals surface area contributed by atoms with Crippen LogP contribution in [0.5, 0.6) is 0 Å². The van der Waals surface area contributed by atoms with E-state index in [1.54, 1.807) is 24.3 Å². The number of likely N-dealkylation sites (tertiary alicyclic amines) is 1. The molecule has 8 atom stereocenters. The minimum Gasteiger partial charge on any atom is -0.477 e. The van der Waals surface area contributed by atoms with Gasteiger partial charge in [-0.05, 0) is 131 Å². The van der Waals surface area contributed by atoms with Gasteiger partial charge >= 0.3 is 5.97 Å². The number of aliphatic hydroxyl groups excluding tert-OH is 1. The van der Waals surface area contributed by atoms with Gasteiger partial charge in [-0.25, -0.2) is 4.79 Å². The smallest absolute Gasteiger partial charge is 0.352 e. The van der Waals surface area contributed by atoms with Gasteiger partial charge in [-0.15, -0.1) is 0 Å². The molecule has 1 fully saturated rings. The molecule has 414 valence electrons. The second-order valence-corrected chi connectivity index (χ2v) is 18.9. The van der Waals surface area contributed by atoms with Crippen LogP contribution in [0.3, 0.4) is 0 Å². The number of carboxylic acid groups (broad SMARTS) is 1. The summed E-state index contributed by atoms with van der Waals surface area (Å²) in [6, 6.07) is -1.58. The van der Waals surface area contributed by atoms with Crippen LogP contribution in [0.15, 0.2) is 41.0 Å². The number of benzene rings is 1. The van der Waals surface area contributed by atoms with Crippen LogP contribution in [0.25, 0.3) is 0 Å². The number of nitrogens with one attached hydrogen (secondary N) is 7. The normalized spacial score (nSPS) is 16.2. The van der Waals surface area contributed by atoms with E-state index in [9.17, 15) is 53.4 Å². The van der Waals surface area contributed by atoms with Gasteiger partial charge in [-0.2, -0.15) is 0 Å². The second-order valence-electron chi connectivity index (χ2n) is 17.6. The van der Waals surface area contributed by atoms with Crippen molar-refractivity contribution in [2.45, 2.75) is 132 Å². The van der Waals surface area contributed by atoms with E-state index < -0.39 is 120 Å². The number of hydrogen-bond donors (Lipinski definition) is 16. The maximum Gasteiger partial charge on any atom is 0.352 e. The van der Waals surface area contributed by atoms with Crippen molar-refractivity contribution in [3.63, 3.8) is 0 Å². The number of carbonyl (C=O) groups excluding carboxylic acids is 8. The molecule has 1 aromatic carbocycles. The summed E-state index contributed by atoms with van der Waals surface area (Å²) in [5.74, 6) is -7.87. The second kappa shape index (κ2) is 34.4. The predicted octanol–water partition coefficient (Wildman–Crippen LogP) is -5.22. The molecular formula is C46H77IN16O11. The molecule has 0 aliphatic carbocycles. The minimum atomic E-state index is -1.56. The van der Waals surface area contributed by atoms with Gasteiger partial charge in [0.2, 0.25) is 47.3 Å². The maximum absolute atomic E-state index is 14.2. The quantitative estimate of drug-likeness (QED) is 0.0101. The van der Waals surface area contributed by atoms with E-state index in [1.165, 1.54) is 17.9 Å². The monoisotopic (exact) mass is 1160 g/mol. The number of amides is 8. The van der Waals surface area contributed by atoms with E-state index in [1.807, 2.05) is 0 Å². The summed E-state index contributed by atoms with van der Waals surface area (Å²) in [6.45, 7) is 1.23. The largest absolute Gasteiger partial charge is 0.477 e. The molecule has 74 heavy (non-hydrogen) atoms. The molecule has 1 aromatic rings. The number of aliphatic imine (C=N–C) groups is 1. The van der Waals surface area contributed by atoms with E-state index in [4.69, 9.17) is 40.1 Å². The van der Waals surface area contributed by atoms with Gasteiger partial charge in [0, 0.05) is 29.6 Å². The van der Waals surface area contributed by atoms with Crippen LogP contribution in [-0.2, 0) is 49.6 Å². The third-order valence-corrected chi connectivity index (χ3v) is 12.4. The Morgan fingerprint density at radius 2 is 1.41 bits per heavy atom. The van der Waals surface area contributed by atoms with Crippen molar-refractivity contribution in [3.8, 4) is 0 Å². The van der Waals surface area contributed by atoms with Crippen LogP contribution in [0.2, 0.25) is 0 Å². The first-order valence-electron chi connectivity index (χ1n) is 24.5. The van der Waals surface area contributed by atoms with Gasteiger partial charge in [0.1, 0.15) is 41.9 Å². The molecule has 2 rings (SSSR count). The zero-order valence-corrected chi connectivity index (χ0v) is 44.0. The summed E-state index contributed by atoms with van der Waals surface area (Å²) in [6.07, 6.45) is 3.00. The van der Waals surface area contributed by atoms with E-state index >= 15 is 0 Å². The summed E-state index contributed by atoms with van der Waals surface area (Å²) in [7, 11) is 0. The Hall–Kier alpha value is -6.05. The summed E-state index contributed by atoms with van der Waals surface area (Å²) >= 11 is 2.11. The van der Waals surface area contributed by atoms with Crippen LogP contribution in [0, 0.1) is 3.57 Å². The number of aliphatic carboxylic acids is 1. The lowest BCUT2D eigenvalue weighted by atomic mass is 10.0. The van der Waals surface area contributed by atoms with Crippen LogP contribution < -0.4 is 77.4 Å². The topological polar surface area (TPSA) is 476 Å². The Morgan fingerprint density at radius 1 is 0.770 bits per heavy atom. The molecule has 1 saturated heterocycles. The third kappa shape index (κ3) is 23.0. The van der Waals surface area contributed by atoms with Crippen LogP contribution in [0.4, 0.5) is 0 Å². The molecule has 1 aliphatic heterocycles. The molecule has 23 N–H and O–H groups in total. The molecule has 28 heteroatoms. The van der Waals surface area contributed by atoms with Crippen molar-refractivity contribution < 1.29 is 53.4 Å². The fourth-order valence-corrected chi connectivity index (χ4v) is 7.93. The highest BCUT2D eigenvalue weighted by Gasteiger charge is 2.39. The number of nitrogens with two attached hydrogens (primary N) is 7. The van der Waals surface area contributed by atoms with E-state index in [0.717, 1.165) is 3.57 Å². The lowest BCUT2D eigenvalue weighted by molar-refractivity contribution is -0.142. The van der Waals surface area contributed by atoms with Crippen molar-refractivity contribution in [2.75, 3.05) is 45.8 Å². The number of guanidine groups is 1. The number of carbonyl (C=O) groups is 9. The van der Waals surface area contributed by atoms with Crippen molar-refractivity contribution in [1.29, 1.82) is 0 Å². The standard InChI is InChI=1S/C46H77IN16O11/c1-26(57-43(71)37(35(64)24-51)62-39(67)29(52)9-2-4-18-48)38(66)56-25-36(65)58-31(11-6-20-50)44(72)63-22-8-13-34(63)42(70)61-33(23-27-14-16-28(47)17-15-27)41(69)59-30(10-3-5-19-49)40(68)60-32(45(73)74)12-7-21-55-46(53)54/h12,14-17,26,29-31,33-35,37,64H,2-11,13,18-25,48-52H2,1H3,(H,56,66)(H,57,71)(H,58,65)(H,59,69)(H,60,68)(H,61,70)(H,62,67)(H,73,74)(H4,53,54,55)/b32-12-/t26?,29-,30-,31+,33-,34-,35?,37-/m0/s1. The van der Waals surface area contributed by atoms with Crippen molar-refractivity contribution in [3.05, 3.63) is 45.2 Å². The van der Waals surface area contributed by atoms with Gasteiger partial charge in [0.15, 0.2) is 5.96 Å². The third-order valence-electron chi connectivity index (χ3n) is 11.7. The first-order chi connectivity index (χ1) is 35.2. The Morgan fingerprint density at radius 3 is 2.01 bits per heavy atom. The Labute approximate surface area is 444 Å². The molecule has 2 unspecified atom stereocenters. The van der Waals surface area contributed by atoms with Gasteiger partial charge in [0.05, 0.1) is 18.7 Å². The fraction of sp³-hybridized carbons (Fsp3) is 0.609. The first kappa shape index (κ1) is 64.1. The number of hydrogen-bond acceptors (Lipinski definition) is 16. The molecular weight excluding hydrogens is 1080 g/mol. The van der Waals surface area contributed by atoms with Crippen molar-refractivity contribution in [1.82, 2.24) is 42.1 Å². The molecule has 0 spiro atoms. The highest BCUT2D eigenvalue weighted by molar-refractivity contribution is 14.1. The van der Waals surface area contributed by atoms with Gasteiger partial charge in [0.25, 0.3) is 0 Å². The average molecular weight is 1160 g/mol. The molecule has 8 amide bonds. The SMILES string of the molecule is CC(NC(=O)[C@@H](NC(=O)[C@@H](N)CCCCN)C(O)CN)C(=O)NCC(=O)N[C@H](CCCN)C(=O)N1CCC[C@H]1C(=O)N[C@@H](Cc1ccc(I)cc1)C(=O)N[C@@H](CCCCN)C(=O)N/C(=C\CCN=C(N)N)C(=O)O. The number of nitrogens with zero attached hydrogens (tertiary/aromatic N) is 2. The number of halogens is 1. The minimum absolute atomic E-state index is 0.0436. The lowest BCUT2D eigenvalue weighted by Crippen LogP contribution is -2.60. The average Bonchev–Trinajstić information content (AvgIpc) is 3.87. The number of rotatable bonds is 34. The van der Waals surface area contributed by atoms with Gasteiger partial charge < -0.3 is 92.5 Å². The molecule has 27 nitrogen and oxygen atoms in total. The van der Waals surface area contributed by atoms with E-state index in [2.05, 4.69) is 64.8 Å². The zero-order valence-electron chi connectivity index (χ0n) is 41.8. The van der Waals surface area contributed by atoms with Crippen molar-refractivity contribution in [2.24, 2.45) is 45.1 Å². The molecule has 0 aromatic heterocycles. The number of carboxylic acids is 1. The van der Waals surface area contributed by atoms with Crippen LogP contribution >= 0.6 is 22.6 Å². The number of aliphatic hydroxyl groups is 1. The molecule has 1 heterocycles. The van der Waals surface area contributed by atoms with Crippen LogP contribution in [-0.4, -0.2) is 169 Å². The molecule has 0 bridgehead atoms. The summed E-state index contributed by atoms with van der Waals surface area (Å²) in [4.78, 5) is 126. The summed E-state index contributed by atoms with van der Waals surface area (Å²) < 4.78 is 0.902. The summed E-state index contributed by atoms with van der Waals surface area (Å²) in [5.41, 5.74) is 39.3. The summed E-state index contributed by atoms with van der Waals surface area (Å²) in [5, 5.41) is 37.8.